The Balaban J connectivity index is 1.93. The van der Waals surface area contributed by atoms with E-state index >= 15 is 0 Å². The second kappa shape index (κ2) is 8.34. The lowest BCUT2D eigenvalue weighted by Crippen LogP contribution is -2.40. The van der Waals surface area contributed by atoms with Crippen LogP contribution in [-0.4, -0.2) is 17.1 Å². The molecule has 0 aliphatic carbocycles. The fourth-order valence-electron chi connectivity index (χ4n) is 2.32. The molecule has 0 fully saturated rings. The van der Waals surface area contributed by atoms with Gasteiger partial charge in [-0.15, -0.1) is 0 Å². The van der Waals surface area contributed by atoms with Crippen LogP contribution in [0.1, 0.15) is 25.0 Å². The van der Waals surface area contributed by atoms with Crippen molar-refractivity contribution in [3.8, 4) is 5.75 Å². The molecule has 0 heterocycles. The third-order valence-electron chi connectivity index (χ3n) is 3.61. The summed E-state index contributed by atoms with van der Waals surface area (Å²) in [4.78, 5) is 11.2. The zero-order chi connectivity index (χ0) is 16.7. The van der Waals surface area contributed by atoms with Crippen LogP contribution in [0.3, 0.4) is 0 Å². The summed E-state index contributed by atoms with van der Waals surface area (Å²) in [7, 11) is 0. The number of carboxylic acid groups (broad SMARTS) is 1. The monoisotopic (exact) mass is 313 g/mol. The number of benzene rings is 2. The van der Waals surface area contributed by atoms with E-state index in [1.165, 1.54) is 0 Å². The maximum absolute atomic E-state index is 11.2. The Bertz CT molecular complexity index is 626. The van der Waals surface area contributed by atoms with Crippen molar-refractivity contribution in [2.24, 2.45) is 5.92 Å². The van der Waals surface area contributed by atoms with Crippen molar-refractivity contribution in [3.05, 3.63) is 65.7 Å². The molecule has 0 saturated carbocycles. The molecule has 0 aliphatic rings. The molecule has 23 heavy (non-hydrogen) atoms. The second-order valence-electron chi connectivity index (χ2n) is 5.86. The Morgan fingerprint density at radius 1 is 1.09 bits per heavy atom. The van der Waals surface area contributed by atoms with Gasteiger partial charge in [0.05, 0.1) is 0 Å². The lowest BCUT2D eigenvalue weighted by atomic mass is 10.0. The number of ether oxygens (including phenoxy) is 1. The van der Waals surface area contributed by atoms with E-state index in [9.17, 15) is 9.90 Å². The van der Waals surface area contributed by atoms with E-state index in [-0.39, 0.29) is 5.92 Å². The zero-order valence-electron chi connectivity index (χ0n) is 13.5. The van der Waals surface area contributed by atoms with E-state index in [1.54, 1.807) is 0 Å². The molecular formula is C19H23NO3. The van der Waals surface area contributed by atoms with Gasteiger partial charge in [0.1, 0.15) is 18.4 Å². The Morgan fingerprint density at radius 2 is 1.78 bits per heavy atom. The van der Waals surface area contributed by atoms with Crippen LogP contribution in [0.5, 0.6) is 5.75 Å². The highest BCUT2D eigenvalue weighted by atomic mass is 16.5. The first-order valence-electron chi connectivity index (χ1n) is 7.78. The third kappa shape index (κ3) is 5.42. The Hall–Kier alpha value is -2.33. The quantitative estimate of drug-likeness (QED) is 0.783. The van der Waals surface area contributed by atoms with Crippen molar-refractivity contribution >= 4 is 5.97 Å². The minimum absolute atomic E-state index is 0.0324. The fourth-order valence-corrected chi connectivity index (χ4v) is 2.32. The van der Waals surface area contributed by atoms with Crippen LogP contribution in [0.15, 0.2) is 54.6 Å². The van der Waals surface area contributed by atoms with Gasteiger partial charge < -0.3 is 15.2 Å². The van der Waals surface area contributed by atoms with E-state index in [2.05, 4.69) is 5.32 Å². The predicted molar refractivity (Wildman–Crippen MR) is 90.3 cm³/mol. The topological polar surface area (TPSA) is 58.6 Å². The molecule has 122 valence electrons. The van der Waals surface area contributed by atoms with Crippen molar-refractivity contribution in [3.63, 3.8) is 0 Å². The average Bonchev–Trinajstić information content (AvgIpc) is 2.54. The largest absolute Gasteiger partial charge is 0.489 e. The SMILES string of the molecule is CC(C)[C@@H](NCc1cccc(OCc2ccccc2)c1)C(=O)O. The number of nitrogens with one attached hydrogen (secondary N) is 1. The van der Waals surface area contributed by atoms with E-state index in [4.69, 9.17) is 4.74 Å². The Kier molecular flexibility index (Phi) is 6.18. The highest BCUT2D eigenvalue weighted by Gasteiger charge is 2.20. The van der Waals surface area contributed by atoms with Gasteiger partial charge in [0.2, 0.25) is 0 Å². The first-order chi connectivity index (χ1) is 11.1. The molecule has 4 heteroatoms. The lowest BCUT2D eigenvalue weighted by molar-refractivity contribution is -0.140. The molecule has 0 bridgehead atoms. The van der Waals surface area contributed by atoms with Crippen LogP contribution in [0.25, 0.3) is 0 Å². The molecule has 1 atom stereocenters. The molecule has 2 N–H and O–H groups in total. The van der Waals surface area contributed by atoms with Gasteiger partial charge in [-0.25, -0.2) is 0 Å². The van der Waals surface area contributed by atoms with Gasteiger partial charge in [0.25, 0.3) is 0 Å². The molecule has 2 aromatic carbocycles. The Labute approximate surface area is 137 Å². The van der Waals surface area contributed by atoms with Crippen molar-refractivity contribution in [2.45, 2.75) is 33.0 Å². The molecular weight excluding hydrogens is 290 g/mol. The van der Waals surface area contributed by atoms with Crippen molar-refractivity contribution in [2.75, 3.05) is 0 Å². The molecule has 2 aromatic rings. The maximum Gasteiger partial charge on any atom is 0.320 e. The van der Waals surface area contributed by atoms with Gasteiger partial charge in [0, 0.05) is 6.54 Å². The number of carboxylic acids is 1. The summed E-state index contributed by atoms with van der Waals surface area (Å²) in [5.41, 5.74) is 2.12. The van der Waals surface area contributed by atoms with Crippen LogP contribution in [0, 0.1) is 5.92 Å². The van der Waals surface area contributed by atoms with Gasteiger partial charge >= 0.3 is 5.97 Å². The number of hydrogen-bond acceptors (Lipinski definition) is 3. The van der Waals surface area contributed by atoms with Gasteiger partial charge in [-0.2, -0.15) is 0 Å². The molecule has 0 aliphatic heterocycles. The highest BCUT2D eigenvalue weighted by Crippen LogP contribution is 2.15. The summed E-state index contributed by atoms with van der Waals surface area (Å²) < 4.78 is 5.79. The van der Waals surface area contributed by atoms with Gasteiger partial charge in [-0.1, -0.05) is 56.3 Å². The maximum atomic E-state index is 11.2. The van der Waals surface area contributed by atoms with Crippen LogP contribution in [-0.2, 0) is 17.9 Å². The molecule has 0 aromatic heterocycles. The summed E-state index contributed by atoms with van der Waals surface area (Å²) in [6, 6.07) is 17.2. The van der Waals surface area contributed by atoms with Crippen LogP contribution >= 0.6 is 0 Å². The number of hydrogen-bond donors (Lipinski definition) is 2. The number of carbonyl (C=O) groups is 1. The summed E-state index contributed by atoms with van der Waals surface area (Å²) in [5.74, 6) is -0.00827. The van der Waals surface area contributed by atoms with Crippen LogP contribution in [0.4, 0.5) is 0 Å². The lowest BCUT2D eigenvalue weighted by Gasteiger charge is -2.18. The number of rotatable bonds is 8. The van der Waals surface area contributed by atoms with Gasteiger partial charge in [-0.3, -0.25) is 4.79 Å². The molecule has 0 radical (unpaired) electrons. The smallest absolute Gasteiger partial charge is 0.320 e. The van der Waals surface area contributed by atoms with Gasteiger partial charge in [0.15, 0.2) is 0 Å². The molecule has 0 amide bonds. The summed E-state index contributed by atoms with van der Waals surface area (Å²) in [6.07, 6.45) is 0. The number of aliphatic carboxylic acids is 1. The second-order valence-corrected chi connectivity index (χ2v) is 5.86. The molecule has 0 unspecified atom stereocenters. The van der Waals surface area contributed by atoms with E-state index in [1.807, 2.05) is 68.4 Å². The molecule has 0 spiro atoms. The molecule has 0 saturated heterocycles. The van der Waals surface area contributed by atoms with Gasteiger partial charge in [-0.05, 0) is 29.2 Å². The minimum Gasteiger partial charge on any atom is -0.489 e. The predicted octanol–water partition coefficient (Wildman–Crippen LogP) is 3.46. The summed E-state index contributed by atoms with van der Waals surface area (Å²) in [6.45, 7) is 4.80. The fraction of sp³-hybridized carbons (Fsp3) is 0.316. The minimum atomic E-state index is -0.823. The van der Waals surface area contributed by atoms with E-state index in [0.29, 0.717) is 13.2 Å². The van der Waals surface area contributed by atoms with Crippen molar-refractivity contribution in [1.29, 1.82) is 0 Å². The Morgan fingerprint density at radius 3 is 2.43 bits per heavy atom. The van der Waals surface area contributed by atoms with E-state index in [0.717, 1.165) is 16.9 Å². The standard InChI is InChI=1S/C19H23NO3/c1-14(2)18(19(21)22)20-12-16-9-6-10-17(11-16)23-13-15-7-4-3-5-8-15/h3-11,14,18,20H,12-13H2,1-2H3,(H,21,22)/t18-/m1/s1. The first-order valence-corrected chi connectivity index (χ1v) is 7.78. The summed E-state index contributed by atoms with van der Waals surface area (Å²) >= 11 is 0. The normalized spacial score (nSPS) is 12.1. The van der Waals surface area contributed by atoms with Crippen LogP contribution < -0.4 is 10.1 Å². The summed E-state index contributed by atoms with van der Waals surface area (Å²) in [5, 5.41) is 12.3. The first kappa shape index (κ1) is 17.0. The highest BCUT2D eigenvalue weighted by molar-refractivity contribution is 5.73. The molecule has 2 rings (SSSR count). The van der Waals surface area contributed by atoms with E-state index < -0.39 is 12.0 Å². The van der Waals surface area contributed by atoms with Crippen molar-refractivity contribution in [1.82, 2.24) is 5.32 Å². The third-order valence-corrected chi connectivity index (χ3v) is 3.61. The average molecular weight is 313 g/mol. The zero-order valence-corrected chi connectivity index (χ0v) is 13.5. The molecule has 4 nitrogen and oxygen atoms in total. The van der Waals surface area contributed by atoms with Crippen LogP contribution in [0.2, 0.25) is 0 Å². The van der Waals surface area contributed by atoms with Crippen molar-refractivity contribution < 1.29 is 14.6 Å².